The summed E-state index contributed by atoms with van der Waals surface area (Å²) in [4.78, 5) is 16.4. The minimum atomic E-state index is -5.01. The van der Waals surface area contributed by atoms with Gasteiger partial charge in [-0.15, -0.1) is 0 Å². The first-order chi connectivity index (χ1) is 18.6. The lowest BCUT2D eigenvalue weighted by molar-refractivity contribution is -0.143. The van der Waals surface area contributed by atoms with Crippen LogP contribution in [-0.2, 0) is 12.4 Å². The molecule has 2 aromatic carbocycles. The van der Waals surface area contributed by atoms with Crippen molar-refractivity contribution in [3.05, 3.63) is 70.0 Å². The molecule has 0 radical (unpaired) electrons. The lowest BCUT2D eigenvalue weighted by atomic mass is 9.90. The third kappa shape index (κ3) is 7.06. The number of nitrogens with one attached hydrogen (secondary N) is 1. The summed E-state index contributed by atoms with van der Waals surface area (Å²) in [5.74, 6) is -0.586. The Labute approximate surface area is 229 Å². The number of hydrogen-bond donors (Lipinski definition) is 2. The van der Waals surface area contributed by atoms with Crippen molar-refractivity contribution in [3.8, 4) is 0 Å². The number of carbonyl (C=O) groups excluding carboxylic acids is 1. The van der Waals surface area contributed by atoms with Crippen LogP contribution in [0.5, 0.6) is 0 Å². The second kappa shape index (κ2) is 12.3. The Morgan fingerprint density at radius 2 is 1.70 bits per heavy atom. The van der Waals surface area contributed by atoms with Crippen molar-refractivity contribution in [2.45, 2.75) is 64.1 Å². The number of aliphatic hydroxyl groups excluding tert-OH is 1. The number of rotatable bonds is 8. The molecular formula is C28H34F7N3O2. The van der Waals surface area contributed by atoms with Crippen LogP contribution in [0.2, 0.25) is 0 Å². The molecule has 1 unspecified atom stereocenters. The van der Waals surface area contributed by atoms with Gasteiger partial charge in [0.05, 0.1) is 29.8 Å². The fourth-order valence-corrected chi connectivity index (χ4v) is 5.15. The molecule has 5 nitrogen and oxygen atoms in total. The minimum absolute atomic E-state index is 0.0550. The van der Waals surface area contributed by atoms with E-state index in [4.69, 9.17) is 0 Å². The predicted molar refractivity (Wildman–Crippen MR) is 136 cm³/mol. The molecule has 3 rings (SSSR count). The molecule has 0 saturated carbocycles. The van der Waals surface area contributed by atoms with Gasteiger partial charge in [-0.2, -0.15) is 26.3 Å². The van der Waals surface area contributed by atoms with Crippen molar-refractivity contribution in [1.29, 1.82) is 0 Å². The van der Waals surface area contributed by atoms with Gasteiger partial charge < -0.3 is 20.2 Å². The molecule has 2 N–H and O–H groups in total. The Balaban J connectivity index is 1.96. The van der Waals surface area contributed by atoms with E-state index >= 15 is 0 Å². The second-order valence-electron chi connectivity index (χ2n) is 10.3. The van der Waals surface area contributed by atoms with Crippen molar-refractivity contribution in [1.82, 2.24) is 15.1 Å². The summed E-state index contributed by atoms with van der Waals surface area (Å²) in [6.07, 6.45) is -8.80. The fraction of sp³-hybridized carbons (Fsp3) is 0.536. The first kappa shape index (κ1) is 31.7. The summed E-state index contributed by atoms with van der Waals surface area (Å²) in [7, 11) is 1.33. The molecule has 0 aliphatic carbocycles. The number of urea groups is 1. The summed E-state index contributed by atoms with van der Waals surface area (Å²) >= 11 is 0. The third-order valence-electron chi connectivity index (χ3n) is 7.68. The highest BCUT2D eigenvalue weighted by atomic mass is 19.4. The average Bonchev–Trinajstić information content (AvgIpc) is 3.30. The van der Waals surface area contributed by atoms with E-state index in [1.54, 1.807) is 13.0 Å². The molecule has 1 fully saturated rings. The zero-order valence-corrected chi connectivity index (χ0v) is 22.7. The van der Waals surface area contributed by atoms with E-state index in [1.807, 2.05) is 6.92 Å². The number of aliphatic hydroxyl groups is 1. The van der Waals surface area contributed by atoms with Gasteiger partial charge in [-0.25, -0.2) is 9.18 Å². The highest BCUT2D eigenvalue weighted by molar-refractivity contribution is 5.76. The first-order valence-electron chi connectivity index (χ1n) is 13.0. The number of alkyl halides is 6. The summed E-state index contributed by atoms with van der Waals surface area (Å²) in [6, 6.07) is 3.13. The SMILES string of the molecule is CCC(CO)NC[C@@H]1CCN(C(=O)N(C)[C@H](C)c2cc(C(F)(F)F)cc(C(F)(F)F)c2)[C@H]1c1ccc(F)cc1C. The van der Waals surface area contributed by atoms with Crippen LogP contribution in [0.3, 0.4) is 0 Å². The molecule has 0 spiro atoms. The van der Waals surface area contributed by atoms with E-state index in [0.717, 1.165) is 4.90 Å². The fourth-order valence-electron chi connectivity index (χ4n) is 5.15. The Morgan fingerprint density at radius 1 is 1.10 bits per heavy atom. The van der Waals surface area contributed by atoms with Crippen molar-refractivity contribution in [2.24, 2.45) is 5.92 Å². The van der Waals surface area contributed by atoms with Gasteiger partial charge in [-0.05, 0) is 79.6 Å². The molecule has 1 heterocycles. The number of benzene rings is 2. The summed E-state index contributed by atoms with van der Waals surface area (Å²) in [6.45, 7) is 5.62. The second-order valence-corrected chi connectivity index (χ2v) is 10.3. The number of aryl methyl sites for hydroxylation is 1. The number of carbonyl (C=O) groups is 1. The Kier molecular flexibility index (Phi) is 9.77. The smallest absolute Gasteiger partial charge is 0.395 e. The van der Waals surface area contributed by atoms with Crippen LogP contribution in [0.15, 0.2) is 36.4 Å². The Hall–Kier alpha value is -2.86. The van der Waals surface area contributed by atoms with Gasteiger partial charge in [0.15, 0.2) is 0 Å². The van der Waals surface area contributed by atoms with Gasteiger partial charge in [0.1, 0.15) is 5.82 Å². The van der Waals surface area contributed by atoms with E-state index in [1.165, 1.54) is 31.0 Å². The Morgan fingerprint density at radius 3 is 2.20 bits per heavy atom. The summed E-state index contributed by atoms with van der Waals surface area (Å²) in [5, 5.41) is 12.8. The number of amides is 2. The van der Waals surface area contributed by atoms with E-state index in [9.17, 15) is 40.6 Å². The van der Waals surface area contributed by atoms with Crippen molar-refractivity contribution >= 4 is 6.03 Å². The molecule has 0 aromatic heterocycles. The van der Waals surface area contributed by atoms with Crippen LogP contribution in [0, 0.1) is 18.7 Å². The van der Waals surface area contributed by atoms with Crippen LogP contribution in [0.1, 0.15) is 66.6 Å². The molecule has 1 saturated heterocycles. The zero-order chi connectivity index (χ0) is 30.0. The van der Waals surface area contributed by atoms with Gasteiger partial charge in [-0.1, -0.05) is 13.0 Å². The maximum atomic E-state index is 13.9. The molecule has 2 aromatic rings. The lowest BCUT2D eigenvalue weighted by Gasteiger charge is -2.36. The van der Waals surface area contributed by atoms with Gasteiger partial charge in [-0.3, -0.25) is 0 Å². The summed E-state index contributed by atoms with van der Waals surface area (Å²) < 4.78 is 94.5. The molecule has 0 bridgehead atoms. The van der Waals surface area contributed by atoms with Crippen LogP contribution in [0.25, 0.3) is 0 Å². The predicted octanol–water partition coefficient (Wildman–Crippen LogP) is 6.71. The molecule has 1 aliphatic heterocycles. The quantitative estimate of drug-likeness (QED) is 0.343. The minimum Gasteiger partial charge on any atom is -0.395 e. The van der Waals surface area contributed by atoms with Gasteiger partial charge >= 0.3 is 18.4 Å². The molecule has 4 atom stereocenters. The van der Waals surface area contributed by atoms with Crippen LogP contribution in [-0.4, -0.2) is 53.7 Å². The third-order valence-corrected chi connectivity index (χ3v) is 7.68. The zero-order valence-electron chi connectivity index (χ0n) is 22.7. The summed E-state index contributed by atoms with van der Waals surface area (Å²) in [5.41, 5.74) is -1.92. The molecule has 2 amide bonds. The number of hydrogen-bond acceptors (Lipinski definition) is 3. The Bertz CT molecular complexity index is 1150. The van der Waals surface area contributed by atoms with Crippen molar-refractivity contribution in [2.75, 3.05) is 26.7 Å². The highest BCUT2D eigenvalue weighted by Gasteiger charge is 2.42. The maximum absolute atomic E-state index is 13.9. The molecule has 1 aliphatic rings. The van der Waals surface area contributed by atoms with Crippen LogP contribution in [0.4, 0.5) is 35.5 Å². The van der Waals surface area contributed by atoms with Gasteiger partial charge in [0, 0.05) is 26.2 Å². The molecule has 222 valence electrons. The topological polar surface area (TPSA) is 55.8 Å². The van der Waals surface area contributed by atoms with Crippen LogP contribution < -0.4 is 5.32 Å². The lowest BCUT2D eigenvalue weighted by Crippen LogP contribution is -2.44. The van der Waals surface area contributed by atoms with Crippen molar-refractivity contribution in [3.63, 3.8) is 0 Å². The number of nitrogens with zero attached hydrogens (tertiary/aromatic N) is 2. The van der Waals surface area contributed by atoms with E-state index in [2.05, 4.69) is 5.32 Å². The normalized spacial score (nSPS) is 19.6. The van der Waals surface area contributed by atoms with E-state index in [-0.39, 0.29) is 36.7 Å². The monoisotopic (exact) mass is 577 g/mol. The number of likely N-dealkylation sites (tertiary alicyclic amines) is 1. The first-order valence-corrected chi connectivity index (χ1v) is 13.0. The molecular weight excluding hydrogens is 543 g/mol. The van der Waals surface area contributed by atoms with Gasteiger partial charge in [0.2, 0.25) is 0 Å². The average molecular weight is 578 g/mol. The molecule has 40 heavy (non-hydrogen) atoms. The maximum Gasteiger partial charge on any atom is 0.416 e. The van der Waals surface area contributed by atoms with E-state index < -0.39 is 47.4 Å². The highest BCUT2D eigenvalue weighted by Crippen LogP contribution is 2.41. The number of halogens is 7. The van der Waals surface area contributed by atoms with E-state index in [0.29, 0.717) is 42.6 Å². The van der Waals surface area contributed by atoms with Crippen molar-refractivity contribution < 1.29 is 40.6 Å². The molecule has 12 heteroatoms. The standard InChI is InChI=1S/C28H34F7N3O2/c1-5-23(15-39)36-14-18-8-9-38(25(18)24-7-6-22(29)10-16(24)2)26(40)37(4)17(3)19-11-20(27(30,31)32)13-21(12-19)28(33,34)35/h6-7,10-13,17-18,23,25,36,39H,5,8-9,14-15H2,1-4H3/t17-,18+,23?,25-/m1/s1. The largest absolute Gasteiger partial charge is 0.416 e. The van der Waals surface area contributed by atoms with Crippen LogP contribution >= 0.6 is 0 Å². The van der Waals surface area contributed by atoms with Gasteiger partial charge in [0.25, 0.3) is 0 Å².